The second-order valence-electron chi connectivity index (χ2n) is 6.52. The van der Waals surface area contributed by atoms with E-state index in [1.54, 1.807) is 6.07 Å². The number of pyridine rings is 1. The molecule has 1 unspecified atom stereocenters. The van der Waals surface area contributed by atoms with Crippen molar-refractivity contribution in [1.29, 1.82) is 0 Å². The maximum atomic E-state index is 13.1. The molecular weight excluding hydrogens is 282 g/mol. The minimum atomic E-state index is -0.670. The summed E-state index contributed by atoms with van der Waals surface area (Å²) in [5.41, 5.74) is 1.72. The van der Waals surface area contributed by atoms with Crippen LogP contribution in [0.1, 0.15) is 47.4 Å². The van der Waals surface area contributed by atoms with Crippen molar-refractivity contribution in [3.63, 3.8) is 0 Å². The normalized spacial score (nSPS) is 23.2. The molecule has 4 rings (SSSR count). The van der Waals surface area contributed by atoms with Gasteiger partial charge < -0.3 is 14.5 Å². The number of fused-ring (bicyclic) bond motifs is 1. The molecular formula is C16H19N3O3. The molecule has 0 aromatic carbocycles. The van der Waals surface area contributed by atoms with E-state index in [-0.39, 0.29) is 11.9 Å². The molecule has 2 aliphatic rings. The van der Waals surface area contributed by atoms with Crippen molar-refractivity contribution in [3.05, 3.63) is 23.0 Å². The third kappa shape index (κ3) is 1.94. The molecule has 2 aromatic heterocycles. The number of carbonyl (C=O) groups is 1. The van der Waals surface area contributed by atoms with Gasteiger partial charge in [0.05, 0.1) is 28.3 Å². The fourth-order valence-electron chi connectivity index (χ4n) is 3.57. The number of hydrogen-bond donors (Lipinski definition) is 1. The van der Waals surface area contributed by atoms with E-state index < -0.39 is 5.60 Å². The van der Waals surface area contributed by atoms with Gasteiger partial charge in [0.15, 0.2) is 0 Å². The minimum absolute atomic E-state index is 0.0513. The first-order chi connectivity index (χ1) is 10.5. The number of aliphatic hydroxyl groups is 1. The van der Waals surface area contributed by atoms with Crippen molar-refractivity contribution in [3.8, 4) is 0 Å². The van der Waals surface area contributed by atoms with Crippen molar-refractivity contribution in [2.75, 3.05) is 6.54 Å². The highest BCUT2D eigenvalue weighted by molar-refractivity contribution is 6.06. The van der Waals surface area contributed by atoms with Gasteiger partial charge in [-0.05, 0) is 45.6 Å². The number of aryl methyl sites for hydroxylation is 2. The number of likely N-dealkylation sites (tertiary alicyclic amines) is 1. The Morgan fingerprint density at radius 2 is 2.23 bits per heavy atom. The number of aromatic nitrogens is 2. The summed E-state index contributed by atoms with van der Waals surface area (Å²) >= 11 is 0. The summed E-state index contributed by atoms with van der Waals surface area (Å²) in [4.78, 5) is 19.2. The van der Waals surface area contributed by atoms with Gasteiger partial charge in [0.2, 0.25) is 0 Å². The summed E-state index contributed by atoms with van der Waals surface area (Å²) < 4.78 is 5.21. The van der Waals surface area contributed by atoms with Crippen LogP contribution in [0.15, 0.2) is 10.6 Å². The van der Waals surface area contributed by atoms with E-state index in [2.05, 4.69) is 10.1 Å². The molecule has 3 heterocycles. The van der Waals surface area contributed by atoms with Crippen molar-refractivity contribution in [1.82, 2.24) is 15.0 Å². The van der Waals surface area contributed by atoms with Gasteiger partial charge in [0.1, 0.15) is 0 Å². The molecule has 1 atom stereocenters. The van der Waals surface area contributed by atoms with Gasteiger partial charge in [0.25, 0.3) is 11.6 Å². The number of nitrogens with zero attached hydrogens (tertiary/aromatic N) is 3. The monoisotopic (exact) mass is 301 g/mol. The molecule has 116 valence electrons. The van der Waals surface area contributed by atoms with Crippen molar-refractivity contribution in [2.24, 2.45) is 0 Å². The van der Waals surface area contributed by atoms with Gasteiger partial charge in [-0.2, -0.15) is 0 Å². The van der Waals surface area contributed by atoms with Crippen LogP contribution >= 0.6 is 0 Å². The Morgan fingerprint density at radius 3 is 2.95 bits per heavy atom. The number of hydrogen-bond acceptors (Lipinski definition) is 5. The molecule has 1 saturated heterocycles. The number of amides is 1. The second kappa shape index (κ2) is 4.52. The van der Waals surface area contributed by atoms with E-state index in [9.17, 15) is 9.90 Å². The van der Waals surface area contributed by atoms with E-state index >= 15 is 0 Å². The predicted molar refractivity (Wildman–Crippen MR) is 79.5 cm³/mol. The molecule has 6 heteroatoms. The smallest absolute Gasteiger partial charge is 0.258 e. The molecule has 1 aliphatic carbocycles. The van der Waals surface area contributed by atoms with E-state index in [1.165, 1.54) is 0 Å². The Kier molecular flexibility index (Phi) is 2.81. The molecule has 1 N–H and O–H groups in total. The standard InChI is InChI=1S/C16H19N3O3/c1-9-8-11(13-10(2)18-22-14(13)17-9)15(20)19-7-3-4-12(19)16(21)5-6-16/h8,12,21H,3-7H2,1-2H3. The summed E-state index contributed by atoms with van der Waals surface area (Å²) in [6.07, 6.45) is 3.39. The highest BCUT2D eigenvalue weighted by atomic mass is 16.5. The third-order valence-corrected chi connectivity index (χ3v) is 4.87. The van der Waals surface area contributed by atoms with Gasteiger partial charge in [-0.15, -0.1) is 0 Å². The minimum Gasteiger partial charge on any atom is -0.388 e. The third-order valence-electron chi connectivity index (χ3n) is 4.87. The largest absolute Gasteiger partial charge is 0.388 e. The van der Waals surface area contributed by atoms with E-state index in [0.29, 0.717) is 28.9 Å². The Bertz CT molecular complexity index is 763. The lowest BCUT2D eigenvalue weighted by Crippen LogP contribution is -2.44. The van der Waals surface area contributed by atoms with Crippen LogP contribution in [0.25, 0.3) is 11.1 Å². The van der Waals surface area contributed by atoms with Crippen LogP contribution < -0.4 is 0 Å². The van der Waals surface area contributed by atoms with Crippen molar-refractivity contribution < 1.29 is 14.4 Å². The van der Waals surface area contributed by atoms with E-state index in [1.807, 2.05) is 18.7 Å². The van der Waals surface area contributed by atoms with Gasteiger partial charge in [0, 0.05) is 12.2 Å². The first-order valence-electron chi connectivity index (χ1n) is 7.76. The first-order valence-corrected chi connectivity index (χ1v) is 7.76. The quantitative estimate of drug-likeness (QED) is 0.917. The Labute approximate surface area is 128 Å². The zero-order valence-corrected chi connectivity index (χ0v) is 12.8. The fourth-order valence-corrected chi connectivity index (χ4v) is 3.57. The summed E-state index contributed by atoms with van der Waals surface area (Å²) in [6.45, 7) is 4.35. The Hall–Kier alpha value is -1.95. The van der Waals surface area contributed by atoms with E-state index in [0.717, 1.165) is 31.4 Å². The topological polar surface area (TPSA) is 79.5 Å². The Balaban J connectivity index is 1.78. The van der Waals surface area contributed by atoms with Gasteiger partial charge >= 0.3 is 0 Å². The lowest BCUT2D eigenvalue weighted by molar-refractivity contribution is 0.0387. The van der Waals surface area contributed by atoms with Crippen molar-refractivity contribution in [2.45, 2.75) is 51.2 Å². The zero-order valence-electron chi connectivity index (χ0n) is 12.8. The lowest BCUT2D eigenvalue weighted by atomic mass is 10.0. The average molecular weight is 301 g/mol. The maximum Gasteiger partial charge on any atom is 0.258 e. The highest BCUT2D eigenvalue weighted by Crippen LogP contribution is 2.45. The molecule has 22 heavy (non-hydrogen) atoms. The SMILES string of the molecule is Cc1cc(C(=O)N2CCCC2C2(O)CC2)c2c(C)noc2n1. The van der Waals surface area contributed by atoms with Crippen LogP contribution in [0, 0.1) is 13.8 Å². The molecule has 0 spiro atoms. The van der Waals surface area contributed by atoms with Crippen LogP contribution in [-0.2, 0) is 0 Å². The van der Waals surface area contributed by atoms with Crippen LogP contribution in [0.3, 0.4) is 0 Å². The van der Waals surface area contributed by atoms with Gasteiger partial charge in [-0.25, -0.2) is 4.98 Å². The van der Waals surface area contributed by atoms with Gasteiger partial charge in [-0.1, -0.05) is 5.16 Å². The summed E-state index contributed by atoms with van der Waals surface area (Å²) in [6, 6.07) is 1.73. The summed E-state index contributed by atoms with van der Waals surface area (Å²) in [5, 5.41) is 15.1. The zero-order chi connectivity index (χ0) is 15.5. The fraction of sp³-hybridized carbons (Fsp3) is 0.562. The van der Waals surface area contributed by atoms with Crippen molar-refractivity contribution >= 4 is 17.0 Å². The molecule has 0 bridgehead atoms. The Morgan fingerprint density at radius 1 is 1.45 bits per heavy atom. The first kappa shape index (κ1) is 13.7. The maximum absolute atomic E-state index is 13.1. The molecule has 1 amide bonds. The van der Waals surface area contributed by atoms with Crippen LogP contribution in [0.2, 0.25) is 0 Å². The molecule has 0 radical (unpaired) electrons. The molecule has 6 nitrogen and oxygen atoms in total. The van der Waals surface area contributed by atoms with Crippen LogP contribution in [-0.4, -0.2) is 44.2 Å². The highest BCUT2D eigenvalue weighted by Gasteiger charge is 2.52. The molecule has 2 aromatic rings. The van der Waals surface area contributed by atoms with E-state index in [4.69, 9.17) is 4.52 Å². The lowest BCUT2D eigenvalue weighted by Gasteiger charge is -2.29. The average Bonchev–Trinajstić information content (AvgIpc) is 2.90. The predicted octanol–water partition coefficient (Wildman–Crippen LogP) is 1.97. The molecule has 1 aliphatic heterocycles. The number of rotatable bonds is 2. The second-order valence-corrected chi connectivity index (χ2v) is 6.52. The van der Waals surface area contributed by atoms with Crippen LogP contribution in [0.5, 0.6) is 0 Å². The summed E-state index contributed by atoms with van der Waals surface area (Å²) in [7, 11) is 0. The molecule has 2 fully saturated rings. The van der Waals surface area contributed by atoms with Gasteiger partial charge in [-0.3, -0.25) is 4.79 Å². The number of carbonyl (C=O) groups excluding carboxylic acids is 1. The molecule has 1 saturated carbocycles. The van der Waals surface area contributed by atoms with Crippen LogP contribution in [0.4, 0.5) is 0 Å². The summed E-state index contributed by atoms with van der Waals surface area (Å²) in [5.74, 6) is -0.0513.